The molecule has 0 spiro atoms. The molecule has 0 fully saturated rings. The minimum atomic E-state index is 0.130. The largest absolute Gasteiger partial charge is 0.382 e. The molecule has 98 valence electrons. The summed E-state index contributed by atoms with van der Waals surface area (Å²) in [5.41, 5.74) is 6.01. The van der Waals surface area contributed by atoms with Crippen LogP contribution in [0, 0.1) is 0 Å². The maximum absolute atomic E-state index is 5.88. The van der Waals surface area contributed by atoms with Crippen molar-refractivity contribution in [1.29, 1.82) is 0 Å². The van der Waals surface area contributed by atoms with E-state index in [2.05, 4.69) is 25.8 Å². The maximum atomic E-state index is 5.88. The van der Waals surface area contributed by atoms with Gasteiger partial charge in [0.1, 0.15) is 0 Å². The number of hydrogen-bond donors (Lipinski definition) is 1. The second-order valence-electron chi connectivity index (χ2n) is 4.16. The number of ether oxygens (including phenoxy) is 2. The molecular weight excluding hydrogens is 204 g/mol. The van der Waals surface area contributed by atoms with Crippen LogP contribution in [0.15, 0.2) is 0 Å². The Kier molecular flexibility index (Phi) is 8.84. The zero-order chi connectivity index (χ0) is 12.4. The van der Waals surface area contributed by atoms with Crippen LogP contribution in [0.1, 0.15) is 26.7 Å². The molecule has 2 N–H and O–H groups in total. The summed E-state index contributed by atoms with van der Waals surface area (Å²) in [5, 5.41) is 0. The highest BCUT2D eigenvalue weighted by Gasteiger charge is 2.28. The van der Waals surface area contributed by atoms with Crippen LogP contribution in [0.25, 0.3) is 0 Å². The predicted octanol–water partition coefficient (Wildman–Crippen LogP) is 1.10. The van der Waals surface area contributed by atoms with E-state index in [1.54, 1.807) is 7.11 Å². The summed E-state index contributed by atoms with van der Waals surface area (Å²) in [6.45, 7) is 8.07. The monoisotopic (exact) mass is 232 g/mol. The van der Waals surface area contributed by atoms with Gasteiger partial charge in [-0.1, -0.05) is 13.8 Å². The summed E-state index contributed by atoms with van der Waals surface area (Å²) in [6, 6.07) is 0. The van der Waals surface area contributed by atoms with Crippen molar-refractivity contribution in [2.24, 2.45) is 5.73 Å². The average molecular weight is 232 g/mol. The minimum absolute atomic E-state index is 0.130. The Hall–Kier alpha value is -0.160. The summed E-state index contributed by atoms with van der Waals surface area (Å²) in [7, 11) is 3.81. The highest BCUT2D eigenvalue weighted by atomic mass is 16.5. The molecule has 4 heteroatoms. The molecule has 0 rings (SSSR count). The van der Waals surface area contributed by atoms with Gasteiger partial charge in [-0.25, -0.2) is 0 Å². The average Bonchev–Trinajstić information content (AvgIpc) is 2.32. The second-order valence-corrected chi connectivity index (χ2v) is 4.16. The van der Waals surface area contributed by atoms with Gasteiger partial charge in [0.2, 0.25) is 0 Å². The van der Waals surface area contributed by atoms with Crippen molar-refractivity contribution in [1.82, 2.24) is 4.90 Å². The van der Waals surface area contributed by atoms with Crippen LogP contribution in [0.3, 0.4) is 0 Å². The van der Waals surface area contributed by atoms with Crippen molar-refractivity contribution in [3.05, 3.63) is 0 Å². The van der Waals surface area contributed by atoms with Gasteiger partial charge < -0.3 is 15.2 Å². The van der Waals surface area contributed by atoms with Gasteiger partial charge in [-0.2, -0.15) is 0 Å². The van der Waals surface area contributed by atoms with E-state index < -0.39 is 0 Å². The van der Waals surface area contributed by atoms with Crippen molar-refractivity contribution in [3.63, 3.8) is 0 Å². The van der Waals surface area contributed by atoms with Gasteiger partial charge in [0.25, 0.3) is 0 Å². The topological polar surface area (TPSA) is 47.7 Å². The van der Waals surface area contributed by atoms with Crippen molar-refractivity contribution >= 4 is 0 Å². The molecule has 0 saturated heterocycles. The lowest BCUT2D eigenvalue weighted by Gasteiger charge is -2.40. The summed E-state index contributed by atoms with van der Waals surface area (Å²) in [5.74, 6) is 0. The molecule has 0 aromatic heterocycles. The van der Waals surface area contributed by atoms with Crippen molar-refractivity contribution < 1.29 is 9.47 Å². The standard InChI is InChI=1S/C12H28N2O2/c1-5-12(6-2,11-13)14(3)7-8-16-10-9-15-4/h5-11,13H2,1-4H3. The van der Waals surface area contributed by atoms with Gasteiger partial charge in [-0.15, -0.1) is 0 Å². The van der Waals surface area contributed by atoms with Crippen LogP contribution >= 0.6 is 0 Å². The molecule has 0 aliphatic rings. The Bertz CT molecular complexity index is 153. The SMILES string of the molecule is CCC(CC)(CN)N(C)CCOCCOC. The molecule has 0 heterocycles. The third kappa shape index (κ3) is 4.78. The van der Waals surface area contributed by atoms with Gasteiger partial charge in [0.15, 0.2) is 0 Å². The van der Waals surface area contributed by atoms with E-state index in [0.29, 0.717) is 19.8 Å². The number of likely N-dealkylation sites (N-methyl/N-ethyl adjacent to an activating group) is 1. The van der Waals surface area contributed by atoms with E-state index in [0.717, 1.165) is 26.0 Å². The quantitative estimate of drug-likeness (QED) is 0.573. The third-order valence-corrected chi connectivity index (χ3v) is 3.51. The number of nitrogens with two attached hydrogens (primary N) is 1. The van der Waals surface area contributed by atoms with Gasteiger partial charge in [-0.3, -0.25) is 4.90 Å². The highest BCUT2D eigenvalue weighted by Crippen LogP contribution is 2.20. The summed E-state index contributed by atoms with van der Waals surface area (Å²) in [4.78, 5) is 2.32. The molecule has 0 amide bonds. The van der Waals surface area contributed by atoms with E-state index in [-0.39, 0.29) is 5.54 Å². The molecule has 0 bridgehead atoms. The first kappa shape index (κ1) is 15.8. The van der Waals surface area contributed by atoms with Crippen LogP contribution in [0.2, 0.25) is 0 Å². The Labute approximate surface area is 100 Å². The molecule has 0 radical (unpaired) electrons. The molecule has 0 unspecified atom stereocenters. The van der Waals surface area contributed by atoms with E-state index in [1.165, 1.54) is 0 Å². The zero-order valence-corrected chi connectivity index (χ0v) is 11.3. The van der Waals surface area contributed by atoms with Gasteiger partial charge in [0.05, 0.1) is 19.8 Å². The van der Waals surface area contributed by atoms with Gasteiger partial charge >= 0.3 is 0 Å². The van der Waals surface area contributed by atoms with Crippen LogP contribution < -0.4 is 5.73 Å². The fourth-order valence-electron chi connectivity index (χ4n) is 1.92. The molecule has 4 nitrogen and oxygen atoms in total. The Morgan fingerprint density at radius 2 is 1.75 bits per heavy atom. The Morgan fingerprint density at radius 1 is 1.12 bits per heavy atom. The van der Waals surface area contributed by atoms with Crippen LogP contribution in [0.4, 0.5) is 0 Å². The van der Waals surface area contributed by atoms with Crippen molar-refractivity contribution in [2.75, 3.05) is 47.1 Å². The molecule has 0 aromatic rings. The fraction of sp³-hybridized carbons (Fsp3) is 1.00. The van der Waals surface area contributed by atoms with E-state index >= 15 is 0 Å². The van der Waals surface area contributed by atoms with E-state index in [4.69, 9.17) is 15.2 Å². The molecule has 16 heavy (non-hydrogen) atoms. The first-order valence-electron chi connectivity index (χ1n) is 6.14. The summed E-state index contributed by atoms with van der Waals surface area (Å²) in [6.07, 6.45) is 2.16. The predicted molar refractivity (Wildman–Crippen MR) is 67.7 cm³/mol. The number of nitrogens with zero attached hydrogens (tertiary/aromatic N) is 1. The normalized spacial score (nSPS) is 12.4. The highest BCUT2D eigenvalue weighted by molar-refractivity contribution is 4.87. The van der Waals surface area contributed by atoms with Crippen LogP contribution in [-0.2, 0) is 9.47 Å². The Morgan fingerprint density at radius 3 is 2.19 bits per heavy atom. The number of hydrogen-bond acceptors (Lipinski definition) is 4. The molecule has 0 aliphatic carbocycles. The van der Waals surface area contributed by atoms with E-state index in [9.17, 15) is 0 Å². The molecular formula is C12H28N2O2. The molecule has 0 aliphatic heterocycles. The van der Waals surface area contributed by atoms with Gasteiger partial charge in [-0.05, 0) is 19.9 Å². The van der Waals surface area contributed by atoms with Crippen molar-refractivity contribution in [3.8, 4) is 0 Å². The first-order valence-corrected chi connectivity index (χ1v) is 6.14. The second kappa shape index (κ2) is 8.93. The fourth-order valence-corrected chi connectivity index (χ4v) is 1.92. The van der Waals surface area contributed by atoms with E-state index in [1.807, 2.05) is 0 Å². The molecule has 0 atom stereocenters. The third-order valence-electron chi connectivity index (χ3n) is 3.51. The van der Waals surface area contributed by atoms with Crippen LogP contribution in [0.5, 0.6) is 0 Å². The number of rotatable bonds is 10. The summed E-state index contributed by atoms with van der Waals surface area (Å²) < 4.78 is 10.4. The lowest BCUT2D eigenvalue weighted by Crippen LogP contribution is -2.52. The lowest BCUT2D eigenvalue weighted by molar-refractivity contribution is 0.0353. The Balaban J connectivity index is 3.88. The number of methoxy groups -OCH3 is 1. The van der Waals surface area contributed by atoms with Crippen LogP contribution in [-0.4, -0.2) is 57.5 Å². The smallest absolute Gasteiger partial charge is 0.0700 e. The first-order chi connectivity index (χ1) is 7.66. The lowest BCUT2D eigenvalue weighted by atomic mass is 9.91. The minimum Gasteiger partial charge on any atom is -0.382 e. The maximum Gasteiger partial charge on any atom is 0.0700 e. The van der Waals surface area contributed by atoms with Gasteiger partial charge in [0, 0.05) is 25.7 Å². The van der Waals surface area contributed by atoms with Crippen molar-refractivity contribution in [2.45, 2.75) is 32.2 Å². The summed E-state index contributed by atoms with van der Waals surface area (Å²) >= 11 is 0. The molecule has 0 saturated carbocycles. The molecule has 0 aromatic carbocycles. The zero-order valence-electron chi connectivity index (χ0n) is 11.3.